The fourth-order valence-corrected chi connectivity index (χ4v) is 5.28. The first-order valence-electron chi connectivity index (χ1n) is 7.27. The Balaban J connectivity index is 1.67. The maximum absolute atomic E-state index is 12.2. The minimum atomic E-state index is -3.36. The van der Waals surface area contributed by atoms with Crippen molar-refractivity contribution in [1.29, 1.82) is 0 Å². The third kappa shape index (κ3) is 5.35. The Morgan fingerprint density at radius 2 is 1.84 bits per heavy atom. The topological polar surface area (TPSA) is 102 Å². The molecule has 1 aliphatic rings. The predicted octanol–water partition coefficient (Wildman–Crippen LogP) is 2.13. The number of nitrogens with zero attached hydrogens (tertiary/aromatic N) is 1. The van der Waals surface area contributed by atoms with Crippen LogP contribution in [0.2, 0.25) is 0 Å². The summed E-state index contributed by atoms with van der Waals surface area (Å²) < 4.78 is 54.5. The minimum absolute atomic E-state index is 0.161. The summed E-state index contributed by atoms with van der Waals surface area (Å²) in [6.45, 7) is 0. The molecule has 1 atom stereocenters. The van der Waals surface area contributed by atoms with Gasteiger partial charge >= 0.3 is 0 Å². The zero-order valence-electron chi connectivity index (χ0n) is 13.2. The van der Waals surface area contributed by atoms with E-state index in [-0.39, 0.29) is 21.8 Å². The van der Waals surface area contributed by atoms with Crippen LogP contribution in [-0.2, 0) is 19.9 Å². The first-order valence-corrected chi connectivity index (χ1v) is 11.9. The van der Waals surface area contributed by atoms with Gasteiger partial charge in [-0.15, -0.1) is 0 Å². The van der Waals surface area contributed by atoms with Crippen molar-refractivity contribution in [1.82, 2.24) is 4.98 Å². The molecule has 0 aliphatic carbocycles. The van der Waals surface area contributed by atoms with Crippen molar-refractivity contribution in [2.24, 2.45) is 0 Å². The molecule has 0 saturated carbocycles. The smallest absolute Gasteiger partial charge is 0.229 e. The lowest BCUT2D eigenvalue weighted by molar-refractivity contribution is 0.462. The zero-order chi connectivity index (χ0) is 18.1. The van der Waals surface area contributed by atoms with E-state index in [9.17, 15) is 16.8 Å². The number of pyridine rings is 1. The van der Waals surface area contributed by atoms with E-state index in [4.69, 9.17) is 4.74 Å². The number of aromatic nitrogens is 1. The second kappa shape index (κ2) is 6.85. The van der Waals surface area contributed by atoms with Gasteiger partial charge in [0.05, 0.1) is 28.8 Å². The molecule has 1 fully saturated rings. The number of rotatable bonds is 7. The molecular formula is C15H16N2O5S3. The van der Waals surface area contributed by atoms with Crippen LogP contribution in [0.3, 0.4) is 0 Å². The molecule has 0 spiro atoms. The SMILES string of the molecule is CS(=O)(=O)Nc1ccc(Oc2ccc(S(=O)(=O)CC3CS3)cc2)nc1. The van der Waals surface area contributed by atoms with Gasteiger partial charge in [0.15, 0.2) is 9.84 Å². The molecule has 7 nitrogen and oxygen atoms in total. The minimum Gasteiger partial charge on any atom is -0.439 e. The van der Waals surface area contributed by atoms with Crippen LogP contribution >= 0.6 is 11.8 Å². The zero-order valence-corrected chi connectivity index (χ0v) is 15.7. The fraction of sp³-hybridized carbons (Fsp3) is 0.267. The summed E-state index contributed by atoms with van der Waals surface area (Å²) in [6.07, 6.45) is 2.39. The van der Waals surface area contributed by atoms with Crippen LogP contribution in [0.15, 0.2) is 47.5 Å². The number of ether oxygens (including phenoxy) is 1. The van der Waals surface area contributed by atoms with Gasteiger partial charge in [-0.1, -0.05) is 0 Å². The molecular weight excluding hydrogens is 384 g/mol. The second-order valence-corrected chi connectivity index (χ2v) is 10.7. The lowest BCUT2D eigenvalue weighted by Crippen LogP contribution is -2.10. The van der Waals surface area contributed by atoms with Gasteiger partial charge in [0.25, 0.3) is 0 Å². The van der Waals surface area contributed by atoms with Crippen LogP contribution in [0.4, 0.5) is 5.69 Å². The van der Waals surface area contributed by atoms with Crippen LogP contribution in [0.1, 0.15) is 0 Å². The summed E-state index contributed by atoms with van der Waals surface area (Å²) in [4.78, 5) is 4.28. The van der Waals surface area contributed by atoms with Gasteiger partial charge in [-0.05, 0) is 30.3 Å². The molecule has 0 radical (unpaired) electrons. The number of nitrogens with one attached hydrogen (secondary N) is 1. The Kier molecular flexibility index (Phi) is 4.94. The molecule has 0 amide bonds. The first-order chi connectivity index (χ1) is 11.7. The van der Waals surface area contributed by atoms with Crippen LogP contribution in [0.25, 0.3) is 0 Å². The van der Waals surface area contributed by atoms with E-state index in [0.717, 1.165) is 12.0 Å². The van der Waals surface area contributed by atoms with Crippen LogP contribution in [0.5, 0.6) is 11.6 Å². The summed E-state index contributed by atoms with van der Waals surface area (Å²) in [7, 11) is -6.63. The van der Waals surface area contributed by atoms with Gasteiger partial charge in [0.1, 0.15) is 5.75 Å². The Morgan fingerprint density at radius 1 is 1.16 bits per heavy atom. The number of hydrogen-bond acceptors (Lipinski definition) is 7. The van der Waals surface area contributed by atoms with E-state index < -0.39 is 19.9 Å². The Hall–Kier alpha value is -1.78. The largest absolute Gasteiger partial charge is 0.439 e. The van der Waals surface area contributed by atoms with E-state index in [2.05, 4.69) is 9.71 Å². The van der Waals surface area contributed by atoms with Crippen molar-refractivity contribution < 1.29 is 21.6 Å². The Labute approximate surface area is 150 Å². The molecule has 134 valence electrons. The number of anilines is 1. The highest BCUT2D eigenvalue weighted by Gasteiger charge is 2.29. The lowest BCUT2D eigenvalue weighted by Gasteiger charge is -2.08. The van der Waals surface area contributed by atoms with Crippen molar-refractivity contribution in [2.75, 3.05) is 22.5 Å². The van der Waals surface area contributed by atoms with E-state index >= 15 is 0 Å². The van der Waals surface area contributed by atoms with E-state index in [1.165, 1.54) is 30.5 Å². The van der Waals surface area contributed by atoms with Gasteiger partial charge < -0.3 is 4.74 Å². The van der Waals surface area contributed by atoms with E-state index in [0.29, 0.717) is 11.4 Å². The third-order valence-corrected chi connectivity index (χ3v) is 6.87. The van der Waals surface area contributed by atoms with E-state index in [1.54, 1.807) is 23.9 Å². The van der Waals surface area contributed by atoms with Crippen molar-refractivity contribution in [3.63, 3.8) is 0 Å². The average Bonchev–Trinajstić information content (AvgIpc) is 3.32. The molecule has 1 aromatic carbocycles. The van der Waals surface area contributed by atoms with Crippen molar-refractivity contribution >= 4 is 37.3 Å². The number of benzene rings is 1. The molecule has 0 bridgehead atoms. The van der Waals surface area contributed by atoms with Gasteiger partial charge in [-0.2, -0.15) is 11.8 Å². The maximum Gasteiger partial charge on any atom is 0.229 e. The monoisotopic (exact) mass is 400 g/mol. The summed E-state index contributed by atoms with van der Waals surface area (Å²) in [6, 6.07) is 9.20. The highest BCUT2D eigenvalue weighted by Crippen LogP contribution is 2.33. The number of hydrogen-bond donors (Lipinski definition) is 1. The highest BCUT2D eigenvalue weighted by molar-refractivity contribution is 8.08. The number of sulfonamides is 1. The van der Waals surface area contributed by atoms with Crippen LogP contribution in [-0.4, -0.2) is 44.8 Å². The van der Waals surface area contributed by atoms with Crippen LogP contribution in [0, 0.1) is 0 Å². The van der Waals surface area contributed by atoms with Crippen LogP contribution < -0.4 is 9.46 Å². The first kappa shape index (κ1) is 18.0. The summed E-state index contributed by atoms with van der Waals surface area (Å²) >= 11 is 1.64. The van der Waals surface area contributed by atoms with Gasteiger partial charge in [0, 0.05) is 17.1 Å². The molecule has 2 heterocycles. The molecule has 1 N–H and O–H groups in total. The molecule has 1 aromatic heterocycles. The van der Waals surface area contributed by atoms with Crippen molar-refractivity contribution in [2.45, 2.75) is 10.1 Å². The molecule has 3 rings (SSSR count). The normalized spacial score (nSPS) is 17.1. The Bertz CT molecular complexity index is 951. The van der Waals surface area contributed by atoms with E-state index in [1.807, 2.05) is 0 Å². The number of sulfone groups is 1. The molecule has 25 heavy (non-hydrogen) atoms. The predicted molar refractivity (Wildman–Crippen MR) is 97.5 cm³/mol. The summed E-state index contributed by atoms with van der Waals surface area (Å²) in [5.74, 6) is 1.77. The third-order valence-electron chi connectivity index (χ3n) is 3.25. The van der Waals surface area contributed by atoms with Gasteiger partial charge in [-0.3, -0.25) is 4.72 Å². The average molecular weight is 401 g/mol. The molecule has 10 heteroatoms. The highest BCUT2D eigenvalue weighted by atomic mass is 32.2. The number of thioether (sulfide) groups is 1. The standard InChI is InChI=1S/C15H16N2O5S3/c1-24(18,19)17-11-2-7-15(16-8-11)22-12-3-5-14(6-4-12)25(20,21)10-13-9-23-13/h2-8,13,17H,9-10H2,1H3. The summed E-state index contributed by atoms with van der Waals surface area (Å²) in [5, 5.41) is 0.212. The van der Waals surface area contributed by atoms with Crippen molar-refractivity contribution in [3.8, 4) is 11.6 Å². The fourth-order valence-electron chi connectivity index (χ4n) is 2.06. The van der Waals surface area contributed by atoms with Gasteiger partial charge in [0.2, 0.25) is 15.9 Å². The van der Waals surface area contributed by atoms with Gasteiger partial charge in [-0.25, -0.2) is 21.8 Å². The van der Waals surface area contributed by atoms with Crippen molar-refractivity contribution in [3.05, 3.63) is 42.6 Å². The lowest BCUT2D eigenvalue weighted by atomic mass is 10.3. The summed E-state index contributed by atoms with van der Waals surface area (Å²) in [5.41, 5.74) is 0.328. The molecule has 2 aromatic rings. The Morgan fingerprint density at radius 3 is 2.36 bits per heavy atom. The maximum atomic E-state index is 12.2. The molecule has 1 aliphatic heterocycles. The second-order valence-electron chi connectivity index (χ2n) is 5.57. The molecule has 1 unspecified atom stereocenters. The molecule has 1 saturated heterocycles. The quantitative estimate of drug-likeness (QED) is 0.710.